The second-order valence-electron chi connectivity index (χ2n) is 10.4. The minimum atomic E-state index is -2.73. The summed E-state index contributed by atoms with van der Waals surface area (Å²) < 4.78 is 0. The third kappa shape index (κ3) is 3.63. The smallest absolute Gasteiger partial charge is 0.235 e. The van der Waals surface area contributed by atoms with Crippen molar-refractivity contribution in [2.45, 2.75) is 24.5 Å². The van der Waals surface area contributed by atoms with Gasteiger partial charge in [-0.05, 0) is 67.7 Å². The van der Waals surface area contributed by atoms with E-state index in [0.29, 0.717) is 11.1 Å². The van der Waals surface area contributed by atoms with E-state index in [1.807, 2.05) is 18.2 Å². The van der Waals surface area contributed by atoms with Gasteiger partial charge in [0, 0.05) is 18.3 Å². The number of amides is 1. The van der Waals surface area contributed by atoms with Gasteiger partial charge in [0.15, 0.2) is 34.7 Å². The Bertz CT molecular complexity index is 1420. The summed E-state index contributed by atoms with van der Waals surface area (Å²) in [7, 11) is 3.10. The number of phenols is 1. The van der Waals surface area contributed by atoms with Crippen molar-refractivity contribution in [3.8, 4) is 5.75 Å². The number of pyridine rings is 1. The van der Waals surface area contributed by atoms with Crippen LogP contribution in [0.15, 0.2) is 36.7 Å². The molecule has 0 bridgehead atoms. The number of primary amides is 1. The van der Waals surface area contributed by atoms with Crippen molar-refractivity contribution in [2.24, 2.45) is 29.4 Å². The number of aliphatic hydroxyl groups is 1. The fourth-order valence-corrected chi connectivity index (χ4v) is 6.45. The SMILES string of the molecule is CN(C)[C@@H]1C(=O)C(C(N)=O)C(=O)[C@@]2(O)C(=O)C3C(=O)c4c(O)ccc(/C=C/c5ccncc5)c4C[C@H]3C[C@@H]12. The summed E-state index contributed by atoms with van der Waals surface area (Å²) in [5, 5.41) is 22.2. The number of likely N-dealkylation sites (N-methyl/N-ethyl adjacent to an activating group) is 1. The van der Waals surface area contributed by atoms with Gasteiger partial charge >= 0.3 is 0 Å². The molecule has 0 radical (unpaired) electrons. The summed E-state index contributed by atoms with van der Waals surface area (Å²) in [4.78, 5) is 71.5. The van der Waals surface area contributed by atoms with Gasteiger partial charge in [0.25, 0.3) is 0 Å². The molecule has 0 aliphatic heterocycles. The Kier molecular flexibility index (Phi) is 6.12. The standard InChI is InChI=1S/C28H27N3O7/c1-31(2)22-17-12-15-11-16-14(4-3-13-7-9-30-10-8-13)5-6-18(32)20(16)23(33)19(15)25(35)28(17,38)26(36)21(24(22)34)27(29)37/h3-10,15,17,19,21-22,32,38H,11-12H2,1-2H3,(H2,29,37)/b4-3+/t15-,17-,19?,21?,22-,28-/m0/s1. The zero-order valence-electron chi connectivity index (χ0n) is 20.8. The number of Topliss-reactive ketones (excluding diaryl/α,β-unsaturated/α-hetero) is 4. The lowest BCUT2D eigenvalue weighted by molar-refractivity contribution is -0.181. The molecule has 5 rings (SSSR count). The molecule has 6 atom stereocenters. The Morgan fingerprint density at radius 1 is 1.08 bits per heavy atom. The van der Waals surface area contributed by atoms with Gasteiger partial charge in [0.2, 0.25) is 5.91 Å². The summed E-state index contributed by atoms with van der Waals surface area (Å²) in [5.74, 6) is -10.6. The van der Waals surface area contributed by atoms with Crippen molar-refractivity contribution in [3.05, 3.63) is 58.9 Å². The Labute approximate surface area is 218 Å². The van der Waals surface area contributed by atoms with Gasteiger partial charge in [0.1, 0.15) is 5.75 Å². The largest absolute Gasteiger partial charge is 0.507 e. The molecule has 10 heteroatoms. The number of hydrogen-bond donors (Lipinski definition) is 3. The van der Waals surface area contributed by atoms with Crippen LogP contribution in [0.2, 0.25) is 0 Å². The lowest BCUT2D eigenvalue weighted by atomic mass is 9.52. The van der Waals surface area contributed by atoms with E-state index in [1.165, 1.54) is 11.0 Å². The van der Waals surface area contributed by atoms with E-state index < -0.39 is 64.4 Å². The summed E-state index contributed by atoms with van der Waals surface area (Å²) in [6.45, 7) is 0. The maximum Gasteiger partial charge on any atom is 0.235 e. The zero-order valence-corrected chi connectivity index (χ0v) is 20.8. The molecule has 1 amide bonds. The van der Waals surface area contributed by atoms with Crippen LogP contribution in [0, 0.1) is 23.7 Å². The summed E-state index contributed by atoms with van der Waals surface area (Å²) in [5.41, 5.74) is 4.66. The first kappa shape index (κ1) is 25.6. The Morgan fingerprint density at radius 3 is 2.39 bits per heavy atom. The molecule has 0 spiro atoms. The third-order valence-corrected chi connectivity index (χ3v) is 8.14. The Hall–Kier alpha value is -4.02. The first-order valence-electron chi connectivity index (χ1n) is 12.3. The van der Waals surface area contributed by atoms with Crippen molar-refractivity contribution in [2.75, 3.05) is 14.1 Å². The minimum absolute atomic E-state index is 0.00700. The molecule has 1 heterocycles. The maximum atomic E-state index is 13.8. The molecule has 2 fully saturated rings. The fourth-order valence-electron chi connectivity index (χ4n) is 6.45. The highest BCUT2D eigenvalue weighted by molar-refractivity contribution is 6.32. The highest BCUT2D eigenvalue weighted by Gasteiger charge is 2.69. The normalized spacial score (nSPS) is 30.8. The fraction of sp³-hybridized carbons (Fsp3) is 0.357. The number of fused-ring (bicyclic) bond motifs is 3. The van der Waals surface area contributed by atoms with Crippen LogP contribution in [0.1, 0.15) is 33.5 Å². The second kappa shape index (κ2) is 9.07. The van der Waals surface area contributed by atoms with E-state index in [1.54, 1.807) is 38.6 Å². The van der Waals surface area contributed by atoms with Crippen LogP contribution in [-0.4, -0.2) is 74.9 Å². The first-order valence-corrected chi connectivity index (χ1v) is 12.3. The van der Waals surface area contributed by atoms with E-state index in [9.17, 15) is 34.2 Å². The first-order chi connectivity index (χ1) is 18.0. The molecule has 3 aliphatic carbocycles. The van der Waals surface area contributed by atoms with Crippen molar-refractivity contribution >= 4 is 41.2 Å². The highest BCUT2D eigenvalue weighted by Crippen LogP contribution is 2.51. The van der Waals surface area contributed by atoms with Crippen molar-refractivity contribution in [3.63, 3.8) is 0 Å². The van der Waals surface area contributed by atoms with E-state index in [4.69, 9.17) is 5.73 Å². The van der Waals surface area contributed by atoms with E-state index >= 15 is 0 Å². The minimum Gasteiger partial charge on any atom is -0.507 e. The van der Waals surface area contributed by atoms with Gasteiger partial charge in [0.05, 0.1) is 17.5 Å². The molecule has 3 aliphatic rings. The number of hydrogen-bond acceptors (Lipinski definition) is 9. The number of ketones is 4. The molecule has 196 valence electrons. The van der Waals surface area contributed by atoms with E-state index in [2.05, 4.69) is 4.98 Å². The number of rotatable bonds is 4. The van der Waals surface area contributed by atoms with E-state index in [0.717, 1.165) is 5.56 Å². The van der Waals surface area contributed by atoms with Crippen molar-refractivity contribution in [1.82, 2.24) is 9.88 Å². The predicted octanol–water partition coefficient (Wildman–Crippen LogP) is 0.432. The molecule has 2 unspecified atom stereocenters. The lowest BCUT2D eigenvalue weighted by Crippen LogP contribution is -2.74. The van der Waals surface area contributed by atoms with Crippen LogP contribution >= 0.6 is 0 Å². The molecule has 1 aromatic heterocycles. The molecule has 4 N–H and O–H groups in total. The Balaban J connectivity index is 1.60. The number of carbonyl (C=O) groups excluding carboxylic acids is 5. The average Bonchev–Trinajstić information content (AvgIpc) is 2.86. The number of nitrogens with two attached hydrogens (primary N) is 1. The summed E-state index contributed by atoms with van der Waals surface area (Å²) in [6.07, 6.45) is 7.14. The quantitative estimate of drug-likeness (QED) is 0.487. The van der Waals surface area contributed by atoms with Crippen LogP contribution < -0.4 is 5.73 Å². The van der Waals surface area contributed by atoms with Crippen LogP contribution in [0.5, 0.6) is 5.75 Å². The summed E-state index contributed by atoms with van der Waals surface area (Å²) >= 11 is 0. The summed E-state index contributed by atoms with van der Waals surface area (Å²) in [6, 6.07) is 5.52. The molecule has 2 saturated carbocycles. The maximum absolute atomic E-state index is 13.8. The molecule has 2 aromatic rings. The number of carbonyl (C=O) groups is 5. The topological polar surface area (TPSA) is 168 Å². The number of aromatic nitrogens is 1. The molecular formula is C28H27N3O7. The van der Waals surface area contributed by atoms with Crippen LogP contribution in [0.25, 0.3) is 12.2 Å². The predicted molar refractivity (Wildman–Crippen MR) is 135 cm³/mol. The van der Waals surface area contributed by atoms with E-state index in [-0.39, 0.29) is 24.2 Å². The van der Waals surface area contributed by atoms with Gasteiger partial charge in [-0.25, -0.2) is 0 Å². The van der Waals surface area contributed by atoms with Crippen LogP contribution in [0.4, 0.5) is 0 Å². The molecule has 38 heavy (non-hydrogen) atoms. The molecular weight excluding hydrogens is 490 g/mol. The third-order valence-electron chi connectivity index (χ3n) is 8.14. The number of phenolic OH excluding ortho intramolecular Hbond substituents is 1. The number of nitrogens with zero attached hydrogens (tertiary/aromatic N) is 2. The monoisotopic (exact) mass is 517 g/mol. The molecule has 10 nitrogen and oxygen atoms in total. The highest BCUT2D eigenvalue weighted by atomic mass is 16.3. The van der Waals surface area contributed by atoms with Crippen molar-refractivity contribution < 1.29 is 34.2 Å². The second-order valence-corrected chi connectivity index (χ2v) is 10.4. The molecule has 0 saturated heterocycles. The van der Waals surface area contributed by atoms with Gasteiger partial charge in [-0.15, -0.1) is 0 Å². The van der Waals surface area contributed by atoms with Crippen LogP contribution in [-0.2, 0) is 25.6 Å². The average molecular weight is 518 g/mol. The van der Waals surface area contributed by atoms with Crippen molar-refractivity contribution in [1.29, 1.82) is 0 Å². The van der Waals surface area contributed by atoms with Gasteiger partial charge in [-0.3, -0.25) is 33.9 Å². The number of benzene rings is 1. The lowest BCUT2D eigenvalue weighted by Gasteiger charge is -2.52. The van der Waals surface area contributed by atoms with Gasteiger partial charge in [-0.1, -0.05) is 18.2 Å². The number of aromatic hydroxyl groups is 1. The Morgan fingerprint density at radius 2 is 1.76 bits per heavy atom. The zero-order chi connectivity index (χ0) is 27.5. The van der Waals surface area contributed by atoms with Gasteiger partial charge in [-0.2, -0.15) is 0 Å². The van der Waals surface area contributed by atoms with Crippen LogP contribution in [0.3, 0.4) is 0 Å². The molecule has 1 aromatic carbocycles. The van der Waals surface area contributed by atoms with Gasteiger partial charge < -0.3 is 15.9 Å².